The molecule has 0 aromatic rings. The SMILES string of the molecule is CC=CCCC(I)=CCC#CCC=CCC(I)=CCCCC(=O)O. The van der Waals surface area contributed by atoms with Gasteiger partial charge in [0.05, 0.1) is 0 Å². The molecule has 2 nitrogen and oxygen atoms in total. The van der Waals surface area contributed by atoms with Gasteiger partial charge in [-0.2, -0.15) is 0 Å². The first-order valence-corrected chi connectivity index (χ1v) is 10.3. The van der Waals surface area contributed by atoms with Crippen molar-refractivity contribution in [3.05, 3.63) is 43.6 Å². The molecule has 0 aromatic heterocycles. The van der Waals surface area contributed by atoms with Crippen molar-refractivity contribution in [2.45, 2.75) is 58.3 Å². The highest BCUT2D eigenvalue weighted by atomic mass is 127. The molecule has 24 heavy (non-hydrogen) atoms. The lowest BCUT2D eigenvalue weighted by Crippen LogP contribution is -1.92. The molecule has 0 atom stereocenters. The van der Waals surface area contributed by atoms with Crippen molar-refractivity contribution in [2.75, 3.05) is 0 Å². The summed E-state index contributed by atoms with van der Waals surface area (Å²) in [7, 11) is 0. The van der Waals surface area contributed by atoms with Crippen molar-refractivity contribution in [1.29, 1.82) is 0 Å². The van der Waals surface area contributed by atoms with Crippen molar-refractivity contribution >= 4 is 51.2 Å². The van der Waals surface area contributed by atoms with Crippen molar-refractivity contribution in [2.24, 2.45) is 0 Å². The van der Waals surface area contributed by atoms with Gasteiger partial charge in [0.15, 0.2) is 0 Å². The zero-order valence-electron chi connectivity index (χ0n) is 14.2. The minimum atomic E-state index is -0.723. The molecule has 0 amide bonds. The number of unbranched alkanes of at least 4 members (excludes halogenated alkanes) is 1. The molecule has 0 aliphatic heterocycles. The third kappa shape index (κ3) is 17.8. The quantitative estimate of drug-likeness (QED) is 0.130. The lowest BCUT2D eigenvalue weighted by atomic mass is 10.2. The van der Waals surface area contributed by atoms with Crippen LogP contribution in [0.2, 0.25) is 0 Å². The summed E-state index contributed by atoms with van der Waals surface area (Å²) in [6.07, 6.45) is 19.3. The molecule has 132 valence electrons. The predicted molar refractivity (Wildman–Crippen MR) is 121 cm³/mol. The van der Waals surface area contributed by atoms with Gasteiger partial charge in [-0.25, -0.2) is 0 Å². The molecule has 0 saturated heterocycles. The van der Waals surface area contributed by atoms with Gasteiger partial charge in [-0.3, -0.25) is 4.79 Å². The maximum atomic E-state index is 10.4. The highest BCUT2D eigenvalue weighted by Gasteiger charge is 1.95. The highest BCUT2D eigenvalue weighted by molar-refractivity contribution is 14.1. The van der Waals surface area contributed by atoms with Crippen molar-refractivity contribution in [3.63, 3.8) is 0 Å². The van der Waals surface area contributed by atoms with Crippen molar-refractivity contribution in [3.8, 4) is 11.8 Å². The van der Waals surface area contributed by atoms with Crippen molar-refractivity contribution < 1.29 is 9.90 Å². The number of allylic oxidation sites excluding steroid dienone is 8. The molecule has 0 saturated carbocycles. The van der Waals surface area contributed by atoms with E-state index >= 15 is 0 Å². The monoisotopic (exact) mass is 552 g/mol. The van der Waals surface area contributed by atoms with E-state index in [0.29, 0.717) is 6.42 Å². The molecule has 0 bridgehead atoms. The van der Waals surface area contributed by atoms with E-state index in [4.69, 9.17) is 5.11 Å². The summed E-state index contributed by atoms with van der Waals surface area (Å²) in [6.45, 7) is 2.05. The summed E-state index contributed by atoms with van der Waals surface area (Å²) in [5.74, 6) is 5.61. The molecular weight excluding hydrogens is 526 g/mol. The largest absolute Gasteiger partial charge is 0.481 e. The van der Waals surface area contributed by atoms with Crippen LogP contribution in [0.15, 0.2) is 43.6 Å². The van der Waals surface area contributed by atoms with Gasteiger partial charge in [0.1, 0.15) is 0 Å². The lowest BCUT2D eigenvalue weighted by Gasteiger charge is -1.94. The number of halogens is 2. The van der Waals surface area contributed by atoms with Gasteiger partial charge in [-0.1, -0.05) is 48.3 Å². The van der Waals surface area contributed by atoms with E-state index in [-0.39, 0.29) is 6.42 Å². The molecule has 4 heteroatoms. The summed E-state index contributed by atoms with van der Waals surface area (Å²) in [5.41, 5.74) is 0. The normalized spacial score (nSPS) is 12.6. The van der Waals surface area contributed by atoms with Gasteiger partial charge in [0.25, 0.3) is 0 Å². The summed E-state index contributed by atoms with van der Waals surface area (Å²) >= 11 is 4.69. The Morgan fingerprint density at radius 1 is 0.958 bits per heavy atom. The first kappa shape index (κ1) is 23.4. The summed E-state index contributed by atoms with van der Waals surface area (Å²) in [6, 6.07) is 0. The number of rotatable bonds is 11. The zero-order valence-corrected chi connectivity index (χ0v) is 18.5. The second-order valence-corrected chi connectivity index (χ2v) is 7.90. The number of aliphatic carboxylic acids is 1. The molecule has 1 N–H and O–H groups in total. The molecule has 0 radical (unpaired) electrons. The lowest BCUT2D eigenvalue weighted by molar-refractivity contribution is -0.137. The van der Waals surface area contributed by atoms with Gasteiger partial charge >= 0.3 is 5.97 Å². The fourth-order valence-electron chi connectivity index (χ4n) is 1.73. The van der Waals surface area contributed by atoms with Crippen LogP contribution in [-0.4, -0.2) is 11.1 Å². The van der Waals surface area contributed by atoms with E-state index in [9.17, 15) is 4.79 Å². The van der Waals surface area contributed by atoms with Crippen LogP contribution in [0, 0.1) is 11.8 Å². The molecule has 0 unspecified atom stereocenters. The number of carboxylic acids is 1. The maximum Gasteiger partial charge on any atom is 0.303 e. The van der Waals surface area contributed by atoms with E-state index in [1.54, 1.807) is 0 Å². The van der Waals surface area contributed by atoms with E-state index < -0.39 is 5.97 Å². The summed E-state index contributed by atoms with van der Waals surface area (Å²) < 4.78 is 2.62. The molecule has 0 aliphatic rings. The Kier molecular flexibility index (Phi) is 16.9. The molecule has 0 spiro atoms. The molecule has 0 aliphatic carbocycles. The molecular formula is C20H26I2O2. The number of carboxylic acid groups (broad SMARTS) is 1. The first-order chi connectivity index (χ1) is 11.6. The fourth-order valence-corrected chi connectivity index (χ4v) is 2.83. The Balaban J connectivity index is 3.83. The second-order valence-electron chi connectivity index (χ2n) is 5.13. The van der Waals surface area contributed by atoms with Crippen molar-refractivity contribution in [1.82, 2.24) is 0 Å². The number of hydrogen-bond acceptors (Lipinski definition) is 1. The van der Waals surface area contributed by atoms with E-state index in [1.807, 2.05) is 6.92 Å². The number of carbonyl (C=O) groups is 1. The third-order valence-corrected chi connectivity index (χ3v) is 4.86. The third-order valence-electron chi connectivity index (χ3n) is 3.00. The molecule has 0 heterocycles. The molecule has 0 rings (SSSR count). The van der Waals surface area contributed by atoms with E-state index in [2.05, 4.69) is 93.5 Å². The standard InChI is InChI=1S/C20H26I2O2/c1-2-3-8-13-18(21)14-9-6-4-5-7-10-15-19(22)16-11-12-17-20(23)24/h2-3,7,10,14,16H,5,8-9,11-13,15,17H2,1H3,(H,23,24). The van der Waals surface area contributed by atoms with E-state index in [1.165, 1.54) is 7.16 Å². The van der Waals surface area contributed by atoms with Crippen LogP contribution in [0.4, 0.5) is 0 Å². The van der Waals surface area contributed by atoms with Gasteiger partial charge in [0, 0.05) is 19.3 Å². The van der Waals surface area contributed by atoms with Crippen LogP contribution in [0.25, 0.3) is 0 Å². The minimum Gasteiger partial charge on any atom is -0.481 e. The number of hydrogen-bond donors (Lipinski definition) is 1. The highest BCUT2D eigenvalue weighted by Crippen LogP contribution is 2.15. The van der Waals surface area contributed by atoms with Crippen LogP contribution in [0.3, 0.4) is 0 Å². The Hall–Kier alpha value is -0.550. The van der Waals surface area contributed by atoms with Crippen LogP contribution >= 0.6 is 45.2 Å². The van der Waals surface area contributed by atoms with Crippen LogP contribution < -0.4 is 0 Å². The Labute approximate surface area is 173 Å². The average Bonchev–Trinajstić information content (AvgIpc) is 2.54. The maximum absolute atomic E-state index is 10.4. The Morgan fingerprint density at radius 3 is 2.42 bits per heavy atom. The zero-order chi connectivity index (χ0) is 18.0. The van der Waals surface area contributed by atoms with Crippen LogP contribution in [0.5, 0.6) is 0 Å². The summed E-state index contributed by atoms with van der Waals surface area (Å²) in [4.78, 5) is 10.4. The first-order valence-electron chi connectivity index (χ1n) is 8.19. The predicted octanol–water partition coefficient (Wildman–Crippen LogP) is 6.97. The van der Waals surface area contributed by atoms with Gasteiger partial charge in [-0.15, -0.1) is 0 Å². The molecule has 0 aromatic carbocycles. The summed E-state index contributed by atoms with van der Waals surface area (Å²) in [5, 5.41) is 8.57. The topological polar surface area (TPSA) is 37.3 Å². The van der Waals surface area contributed by atoms with Crippen LogP contribution in [-0.2, 0) is 4.79 Å². The van der Waals surface area contributed by atoms with Gasteiger partial charge in [0.2, 0.25) is 0 Å². The Morgan fingerprint density at radius 2 is 1.71 bits per heavy atom. The minimum absolute atomic E-state index is 0.245. The van der Waals surface area contributed by atoms with E-state index in [0.717, 1.165) is 38.5 Å². The fraction of sp³-hybridized carbons (Fsp3) is 0.450. The van der Waals surface area contributed by atoms with Crippen LogP contribution in [0.1, 0.15) is 58.3 Å². The second kappa shape index (κ2) is 17.3. The Bertz CT molecular complexity index is 532. The smallest absolute Gasteiger partial charge is 0.303 e. The van der Waals surface area contributed by atoms with Gasteiger partial charge in [-0.05, 0) is 91.4 Å². The van der Waals surface area contributed by atoms with Gasteiger partial charge < -0.3 is 5.11 Å². The molecule has 0 fully saturated rings. The average molecular weight is 552 g/mol.